The van der Waals surface area contributed by atoms with Crippen LogP contribution in [-0.2, 0) is 61.6 Å². The summed E-state index contributed by atoms with van der Waals surface area (Å²) in [5, 5.41) is 182. The van der Waals surface area contributed by atoms with Crippen LogP contribution in [0, 0.1) is 0 Å². The Labute approximate surface area is 392 Å². The number of ether oxygens (including phenoxy) is 13. The van der Waals surface area contributed by atoms with Gasteiger partial charge in [0.1, 0.15) is 128 Å². The molecule has 17 N–H and O–H groups in total. The van der Waals surface area contributed by atoms with Gasteiger partial charge in [0.05, 0.1) is 51.3 Å². The van der Waals surface area contributed by atoms with Crippen molar-refractivity contribution in [3.05, 3.63) is 0 Å². The van der Waals surface area contributed by atoms with Crippen molar-refractivity contribution in [3.63, 3.8) is 0 Å². The fourth-order valence-electron chi connectivity index (χ4n) is 8.98. The molecule has 0 unspecified atom stereocenters. The fourth-order valence-corrected chi connectivity index (χ4v) is 8.98. The first-order valence-electron chi connectivity index (χ1n) is 22.4. The number of hydrogen-bond donors (Lipinski definition) is 17. The zero-order valence-electron chi connectivity index (χ0n) is 37.3. The molecule has 30 nitrogen and oxygen atoms in total. The third kappa shape index (κ3) is 11.3. The van der Waals surface area contributed by atoms with E-state index in [1.54, 1.807) is 0 Å². The molecule has 0 saturated carbocycles. The van der Waals surface area contributed by atoms with Crippen LogP contribution < -0.4 is 0 Å². The van der Waals surface area contributed by atoms with Crippen LogP contribution in [0.4, 0.5) is 0 Å². The van der Waals surface area contributed by atoms with Crippen molar-refractivity contribution in [2.45, 2.75) is 211 Å². The van der Waals surface area contributed by atoms with Gasteiger partial charge >= 0.3 is 0 Å². The van der Waals surface area contributed by atoms with Gasteiger partial charge in [-0.05, 0) is 20.8 Å². The predicted octanol–water partition coefficient (Wildman–Crippen LogP) is -11.3. The van der Waals surface area contributed by atoms with Gasteiger partial charge in [-0.2, -0.15) is 0 Å². The lowest BCUT2D eigenvalue weighted by Crippen LogP contribution is -2.67. The molecule has 69 heavy (non-hydrogen) atoms. The van der Waals surface area contributed by atoms with Crippen molar-refractivity contribution < 1.29 is 148 Å². The van der Waals surface area contributed by atoms with Crippen molar-refractivity contribution in [2.24, 2.45) is 0 Å². The molecule has 0 amide bonds. The Balaban J connectivity index is 1.11. The molecule has 0 aromatic rings. The lowest BCUT2D eigenvalue weighted by molar-refractivity contribution is -0.401. The minimum absolute atomic E-state index is 0.569. The smallest absolute Gasteiger partial charge is 0.187 e. The predicted molar refractivity (Wildman–Crippen MR) is 210 cm³/mol. The van der Waals surface area contributed by atoms with Gasteiger partial charge in [0.15, 0.2) is 44.0 Å². The Kier molecular flexibility index (Phi) is 18.3. The van der Waals surface area contributed by atoms with E-state index in [2.05, 4.69) is 0 Å². The second kappa shape index (κ2) is 22.7. The largest absolute Gasteiger partial charge is 0.394 e. The second-order valence-corrected chi connectivity index (χ2v) is 18.3. The van der Waals surface area contributed by atoms with Crippen molar-refractivity contribution in [1.29, 1.82) is 0 Å². The number of aliphatic hydroxyl groups is 17. The quantitative estimate of drug-likeness (QED) is 0.0768. The first-order chi connectivity index (χ1) is 32.5. The summed E-state index contributed by atoms with van der Waals surface area (Å²) in [6.07, 6.45) is -52.4. The maximum absolute atomic E-state index is 12.0. The summed E-state index contributed by atoms with van der Waals surface area (Å²) in [7, 11) is 0. The molecular weight excluding hydrogens is 948 g/mol. The topological polar surface area (TPSA) is 464 Å². The lowest BCUT2D eigenvalue weighted by atomic mass is 9.96. The lowest BCUT2D eigenvalue weighted by Gasteiger charge is -2.50. The van der Waals surface area contributed by atoms with E-state index in [9.17, 15) is 86.8 Å². The molecule has 7 heterocycles. The number of rotatable bonds is 14. The molecule has 0 aliphatic carbocycles. The Morgan fingerprint density at radius 3 is 1.57 bits per heavy atom. The third-order valence-electron chi connectivity index (χ3n) is 13.4. The van der Waals surface area contributed by atoms with Crippen LogP contribution in [0.5, 0.6) is 0 Å². The van der Waals surface area contributed by atoms with Gasteiger partial charge in [-0.3, -0.25) is 0 Å². The van der Waals surface area contributed by atoms with Gasteiger partial charge in [-0.25, -0.2) is 0 Å². The molecule has 0 radical (unpaired) electrons. The molecule has 0 aromatic carbocycles. The highest BCUT2D eigenvalue weighted by Crippen LogP contribution is 2.38. The Morgan fingerprint density at radius 1 is 0.406 bits per heavy atom. The fraction of sp³-hybridized carbons (Fsp3) is 1.00. The maximum atomic E-state index is 12.0. The minimum atomic E-state index is -2.16. The Morgan fingerprint density at radius 2 is 0.913 bits per heavy atom. The molecule has 7 fully saturated rings. The van der Waals surface area contributed by atoms with Crippen molar-refractivity contribution in [3.8, 4) is 0 Å². The van der Waals surface area contributed by atoms with E-state index in [-0.39, 0.29) is 0 Å². The van der Waals surface area contributed by atoms with E-state index >= 15 is 0 Å². The molecule has 30 heteroatoms. The van der Waals surface area contributed by atoms with Crippen LogP contribution in [0.3, 0.4) is 0 Å². The van der Waals surface area contributed by atoms with E-state index in [1.807, 2.05) is 0 Å². The van der Waals surface area contributed by atoms with Crippen LogP contribution in [-0.4, -0.2) is 310 Å². The summed E-state index contributed by atoms with van der Waals surface area (Å²) in [5.41, 5.74) is -2.16. The van der Waals surface area contributed by atoms with E-state index in [0.717, 1.165) is 0 Å². The van der Waals surface area contributed by atoms with E-state index < -0.39 is 223 Å². The highest BCUT2D eigenvalue weighted by atomic mass is 16.8. The standard InChI is InChI=1S/C39H66O30/c1-9-15(44)20(49)29(68-35-22(51)19(48)18(47)14(4-40)63-35)37(61-9)65-26-13(43)6-58-34(23(26)52)64-25-11(3)62-36(24(53)28(25)66-33-21(50)17(46)12(42)5-57-33)69-30-27(16(45)10(2)60-32(30)55)67-38-31(54)39(56,7-41)8-59-38/h9-38,40-56H,4-8H2,1-3H3/t9-,10+,11-,12+,13+,14+,15-,16+,17-,18-,19-,20+,21+,22+,23+,24+,25-,26-,27-,28-,29+,30+,31-,32+,33-,34-,35-,36-,37-,38-,39+/m0/s1. The second-order valence-electron chi connectivity index (χ2n) is 18.3. The minimum Gasteiger partial charge on any atom is -0.394 e. The van der Waals surface area contributed by atoms with Gasteiger partial charge in [0, 0.05) is 0 Å². The van der Waals surface area contributed by atoms with Gasteiger partial charge in [0.25, 0.3) is 0 Å². The van der Waals surface area contributed by atoms with Crippen molar-refractivity contribution in [1.82, 2.24) is 0 Å². The van der Waals surface area contributed by atoms with Crippen molar-refractivity contribution in [2.75, 3.05) is 33.0 Å². The van der Waals surface area contributed by atoms with E-state index in [0.29, 0.717) is 0 Å². The van der Waals surface area contributed by atoms with Gasteiger partial charge in [-0.15, -0.1) is 0 Å². The number of aliphatic hydroxyl groups excluding tert-OH is 16. The zero-order valence-corrected chi connectivity index (χ0v) is 37.3. The summed E-state index contributed by atoms with van der Waals surface area (Å²) < 4.78 is 74.5. The molecule has 0 spiro atoms. The van der Waals surface area contributed by atoms with E-state index in [4.69, 9.17) is 61.6 Å². The average molecular weight is 1010 g/mol. The zero-order chi connectivity index (χ0) is 50.5. The number of hydrogen-bond acceptors (Lipinski definition) is 30. The summed E-state index contributed by atoms with van der Waals surface area (Å²) in [6, 6.07) is 0. The molecule has 7 rings (SSSR count). The van der Waals surface area contributed by atoms with E-state index in [1.165, 1.54) is 20.8 Å². The summed E-state index contributed by atoms with van der Waals surface area (Å²) in [4.78, 5) is 0. The molecule has 402 valence electrons. The van der Waals surface area contributed by atoms with Gasteiger partial charge < -0.3 is 148 Å². The SMILES string of the molecule is C[C@@H]1O[C@@H](O[C@@H]2[C@@H](O)[C@H](O[C@@H]3[C@@H](O[C@@H]4OC[C@@H](O)[C@H](O)[C@H]4O)[C@@H](O)[C@H](O[C@@H]4[C@@H](O[C@@H]5OC[C@](O)(CO)[C@H]5O)[C@H](O)[C@@H](C)O[C@H]4O)O[C@H]3C)OC[C@H]2O)[C@H](O[C@@H]2O[C@H](CO)[C@H](O)[C@H](O)[C@H]2O)[C@H](O)[C@H]1O. The molecule has 7 saturated heterocycles. The summed E-state index contributed by atoms with van der Waals surface area (Å²) in [5.74, 6) is 0. The first-order valence-corrected chi connectivity index (χ1v) is 22.4. The Hall–Kier alpha value is -1.20. The molecule has 0 bridgehead atoms. The highest BCUT2D eigenvalue weighted by molar-refractivity contribution is 5.00. The molecule has 7 aliphatic heterocycles. The van der Waals surface area contributed by atoms with Crippen LogP contribution in [0.1, 0.15) is 20.8 Å². The first kappa shape index (κ1) is 55.5. The highest BCUT2D eigenvalue weighted by Gasteiger charge is 2.58. The van der Waals surface area contributed by atoms with Gasteiger partial charge in [0.2, 0.25) is 0 Å². The van der Waals surface area contributed by atoms with Crippen LogP contribution in [0.15, 0.2) is 0 Å². The molecular formula is C39H66O30. The van der Waals surface area contributed by atoms with Crippen LogP contribution in [0.2, 0.25) is 0 Å². The van der Waals surface area contributed by atoms with Gasteiger partial charge in [-0.1, -0.05) is 0 Å². The molecule has 7 aliphatic rings. The maximum Gasteiger partial charge on any atom is 0.187 e. The van der Waals surface area contributed by atoms with Crippen molar-refractivity contribution >= 4 is 0 Å². The monoisotopic (exact) mass is 1010 g/mol. The van der Waals surface area contributed by atoms with Crippen LogP contribution in [0.25, 0.3) is 0 Å². The third-order valence-corrected chi connectivity index (χ3v) is 13.4. The van der Waals surface area contributed by atoms with Crippen LogP contribution >= 0.6 is 0 Å². The normalized spacial score (nSPS) is 55.5. The Bertz CT molecular complexity index is 1620. The average Bonchev–Trinajstić information content (AvgIpc) is 3.60. The summed E-state index contributed by atoms with van der Waals surface area (Å²) in [6.45, 7) is 0.463. The molecule has 31 atom stereocenters. The molecule has 0 aromatic heterocycles. The summed E-state index contributed by atoms with van der Waals surface area (Å²) >= 11 is 0.